The number of rotatable bonds is 10. The fourth-order valence-corrected chi connectivity index (χ4v) is 1.38. The van der Waals surface area contributed by atoms with Gasteiger partial charge in [-0.25, -0.2) is 0 Å². The van der Waals surface area contributed by atoms with Gasteiger partial charge >= 0.3 is 11.9 Å². The van der Waals surface area contributed by atoms with Crippen LogP contribution in [0.4, 0.5) is 0 Å². The zero-order valence-electron chi connectivity index (χ0n) is 12.8. The minimum Gasteiger partial charge on any atom is -0.465 e. The van der Waals surface area contributed by atoms with Crippen molar-refractivity contribution in [3.63, 3.8) is 0 Å². The Morgan fingerprint density at radius 1 is 0.842 bits per heavy atom. The van der Waals surface area contributed by atoms with Gasteiger partial charge in [0.2, 0.25) is 0 Å². The SMILES string of the molecule is CCCCC(=O)OCC(C)(C)COC(=O)CCCC. The van der Waals surface area contributed by atoms with E-state index in [1.807, 2.05) is 27.7 Å². The van der Waals surface area contributed by atoms with Crippen LogP contribution in [-0.2, 0) is 19.1 Å². The molecule has 0 heterocycles. The molecule has 112 valence electrons. The summed E-state index contributed by atoms with van der Waals surface area (Å²) >= 11 is 0. The molecular weight excluding hydrogens is 244 g/mol. The lowest BCUT2D eigenvalue weighted by molar-refractivity contribution is -0.152. The molecule has 0 aliphatic carbocycles. The number of hydrogen-bond acceptors (Lipinski definition) is 4. The van der Waals surface area contributed by atoms with Gasteiger partial charge in [0, 0.05) is 18.3 Å². The maximum atomic E-state index is 11.4. The van der Waals surface area contributed by atoms with Gasteiger partial charge in [0.25, 0.3) is 0 Å². The van der Waals surface area contributed by atoms with Crippen LogP contribution in [0.15, 0.2) is 0 Å². The van der Waals surface area contributed by atoms with Crippen LogP contribution in [0.3, 0.4) is 0 Å². The van der Waals surface area contributed by atoms with Crippen LogP contribution >= 0.6 is 0 Å². The van der Waals surface area contributed by atoms with Gasteiger partial charge in [-0.05, 0) is 12.8 Å². The zero-order chi connectivity index (χ0) is 14.7. The molecule has 0 spiro atoms. The smallest absolute Gasteiger partial charge is 0.305 e. The first-order chi connectivity index (χ1) is 8.91. The van der Waals surface area contributed by atoms with E-state index in [1.165, 1.54) is 0 Å². The Kier molecular flexibility index (Phi) is 9.27. The van der Waals surface area contributed by atoms with Gasteiger partial charge in [0.05, 0.1) is 13.2 Å². The molecule has 4 nitrogen and oxygen atoms in total. The van der Waals surface area contributed by atoms with Gasteiger partial charge in [-0.15, -0.1) is 0 Å². The molecule has 0 radical (unpaired) electrons. The van der Waals surface area contributed by atoms with Gasteiger partial charge in [0.1, 0.15) is 0 Å². The van der Waals surface area contributed by atoms with E-state index in [-0.39, 0.29) is 30.6 Å². The average Bonchev–Trinajstić information content (AvgIpc) is 2.38. The van der Waals surface area contributed by atoms with Crippen molar-refractivity contribution in [2.24, 2.45) is 5.41 Å². The lowest BCUT2D eigenvalue weighted by Crippen LogP contribution is -2.28. The maximum absolute atomic E-state index is 11.4. The summed E-state index contributed by atoms with van der Waals surface area (Å²) in [5.74, 6) is -0.348. The molecular formula is C15H28O4. The Morgan fingerprint density at radius 3 is 1.53 bits per heavy atom. The predicted octanol–water partition coefficient (Wildman–Crippen LogP) is 3.48. The fraction of sp³-hybridized carbons (Fsp3) is 0.867. The van der Waals surface area contributed by atoms with Crippen LogP contribution in [0.2, 0.25) is 0 Å². The Labute approximate surface area is 116 Å². The Bertz CT molecular complexity index is 245. The normalized spacial score (nSPS) is 11.2. The summed E-state index contributed by atoms with van der Waals surface area (Å²) in [5, 5.41) is 0. The molecule has 19 heavy (non-hydrogen) atoms. The molecule has 4 heteroatoms. The molecule has 0 rings (SSSR count). The molecule has 0 aromatic carbocycles. The zero-order valence-corrected chi connectivity index (χ0v) is 12.8. The summed E-state index contributed by atoms with van der Waals surface area (Å²) in [7, 11) is 0. The quantitative estimate of drug-likeness (QED) is 0.571. The Balaban J connectivity index is 3.84. The first-order valence-corrected chi connectivity index (χ1v) is 7.22. The van der Waals surface area contributed by atoms with Gasteiger partial charge in [-0.1, -0.05) is 40.5 Å². The van der Waals surface area contributed by atoms with E-state index in [2.05, 4.69) is 0 Å². The van der Waals surface area contributed by atoms with Crippen molar-refractivity contribution in [1.29, 1.82) is 0 Å². The molecule has 0 aliphatic heterocycles. The van der Waals surface area contributed by atoms with E-state index in [1.54, 1.807) is 0 Å². The van der Waals surface area contributed by atoms with E-state index in [4.69, 9.17) is 9.47 Å². The van der Waals surface area contributed by atoms with Crippen molar-refractivity contribution in [2.75, 3.05) is 13.2 Å². The Morgan fingerprint density at radius 2 is 1.21 bits per heavy atom. The summed E-state index contributed by atoms with van der Waals surface area (Å²) in [6.07, 6.45) is 4.59. The molecule has 0 aromatic heterocycles. The lowest BCUT2D eigenvalue weighted by atomic mass is 9.96. The van der Waals surface area contributed by atoms with Crippen LogP contribution in [-0.4, -0.2) is 25.2 Å². The summed E-state index contributed by atoms with van der Waals surface area (Å²) in [6.45, 7) is 8.49. The molecule has 0 saturated carbocycles. The maximum Gasteiger partial charge on any atom is 0.305 e. The minimum atomic E-state index is -0.330. The largest absolute Gasteiger partial charge is 0.465 e. The summed E-state index contributed by atoms with van der Waals surface area (Å²) in [6, 6.07) is 0. The third-order valence-corrected chi connectivity index (χ3v) is 2.72. The van der Waals surface area contributed by atoms with Crippen molar-refractivity contribution < 1.29 is 19.1 Å². The van der Waals surface area contributed by atoms with Crippen molar-refractivity contribution in [3.8, 4) is 0 Å². The minimum absolute atomic E-state index is 0.174. The van der Waals surface area contributed by atoms with E-state index < -0.39 is 0 Å². The number of hydrogen-bond donors (Lipinski definition) is 0. The Hall–Kier alpha value is -1.06. The summed E-state index contributed by atoms with van der Waals surface area (Å²) in [4.78, 5) is 22.8. The number of carbonyl (C=O) groups is 2. The topological polar surface area (TPSA) is 52.6 Å². The van der Waals surface area contributed by atoms with Gasteiger partial charge in [-0.2, -0.15) is 0 Å². The van der Waals surface area contributed by atoms with E-state index in [0.717, 1.165) is 25.7 Å². The van der Waals surface area contributed by atoms with Crippen molar-refractivity contribution in [1.82, 2.24) is 0 Å². The monoisotopic (exact) mass is 272 g/mol. The van der Waals surface area contributed by atoms with Gasteiger partial charge in [-0.3, -0.25) is 9.59 Å². The van der Waals surface area contributed by atoms with E-state index >= 15 is 0 Å². The van der Waals surface area contributed by atoms with Crippen LogP contribution in [0.25, 0.3) is 0 Å². The summed E-state index contributed by atoms with van der Waals surface area (Å²) in [5.41, 5.74) is -0.330. The third-order valence-electron chi connectivity index (χ3n) is 2.72. The highest BCUT2D eigenvalue weighted by molar-refractivity contribution is 5.69. The highest BCUT2D eigenvalue weighted by Gasteiger charge is 2.22. The first kappa shape index (κ1) is 17.9. The van der Waals surface area contributed by atoms with Crippen LogP contribution in [0, 0.1) is 5.41 Å². The number of esters is 2. The summed E-state index contributed by atoms with van der Waals surface area (Å²) < 4.78 is 10.4. The second-order valence-corrected chi connectivity index (χ2v) is 5.69. The van der Waals surface area contributed by atoms with E-state index in [0.29, 0.717) is 12.8 Å². The molecule has 0 aromatic rings. The second-order valence-electron chi connectivity index (χ2n) is 5.69. The van der Waals surface area contributed by atoms with Gasteiger partial charge < -0.3 is 9.47 Å². The number of unbranched alkanes of at least 4 members (excludes halogenated alkanes) is 2. The van der Waals surface area contributed by atoms with Crippen molar-refractivity contribution in [3.05, 3.63) is 0 Å². The van der Waals surface area contributed by atoms with Crippen molar-refractivity contribution >= 4 is 11.9 Å². The van der Waals surface area contributed by atoms with Crippen LogP contribution < -0.4 is 0 Å². The molecule has 0 aliphatic rings. The fourth-order valence-electron chi connectivity index (χ4n) is 1.38. The van der Waals surface area contributed by atoms with E-state index in [9.17, 15) is 9.59 Å². The van der Waals surface area contributed by atoms with Crippen LogP contribution in [0.5, 0.6) is 0 Å². The molecule has 0 fully saturated rings. The molecule has 0 amide bonds. The highest BCUT2D eigenvalue weighted by Crippen LogP contribution is 2.17. The second kappa shape index (κ2) is 9.82. The first-order valence-electron chi connectivity index (χ1n) is 7.22. The third kappa shape index (κ3) is 10.5. The lowest BCUT2D eigenvalue weighted by Gasteiger charge is -2.23. The molecule has 0 N–H and O–H groups in total. The molecule has 0 bridgehead atoms. The van der Waals surface area contributed by atoms with Crippen molar-refractivity contribution in [2.45, 2.75) is 66.2 Å². The predicted molar refractivity (Wildman–Crippen MR) is 74.7 cm³/mol. The average molecular weight is 272 g/mol. The molecule has 0 unspecified atom stereocenters. The van der Waals surface area contributed by atoms with Crippen LogP contribution in [0.1, 0.15) is 66.2 Å². The van der Waals surface area contributed by atoms with Gasteiger partial charge in [0.15, 0.2) is 0 Å². The standard InChI is InChI=1S/C15H28O4/c1-5-7-9-13(16)18-11-15(3,4)12-19-14(17)10-8-6-2/h5-12H2,1-4H3. The molecule has 0 saturated heterocycles. The molecule has 0 atom stereocenters. The number of carbonyl (C=O) groups excluding carboxylic acids is 2. The highest BCUT2D eigenvalue weighted by atomic mass is 16.5. The number of ether oxygens (including phenoxy) is 2.